The summed E-state index contributed by atoms with van der Waals surface area (Å²) < 4.78 is 15.0. The topological polar surface area (TPSA) is 59.3 Å². The van der Waals surface area contributed by atoms with Crippen LogP contribution in [0.2, 0.25) is 0 Å². The van der Waals surface area contributed by atoms with Gasteiger partial charge in [-0.3, -0.25) is 9.20 Å². The molecule has 1 N–H and O–H groups in total. The standard InChI is InChI=1S/C21H19FN4OS/c1-12-8-14(3)20-17(9-12)13(2)10-18-24-25-21(26(18)20)28-11-19(27)23-16-6-4-15(22)5-7-16/h4-10H,11H2,1-3H3,(H,23,27). The van der Waals surface area contributed by atoms with Crippen LogP contribution in [-0.4, -0.2) is 26.3 Å². The fourth-order valence-electron chi connectivity index (χ4n) is 3.37. The van der Waals surface area contributed by atoms with Crippen molar-refractivity contribution < 1.29 is 9.18 Å². The van der Waals surface area contributed by atoms with Crippen LogP contribution in [0.25, 0.3) is 16.6 Å². The van der Waals surface area contributed by atoms with Crippen molar-refractivity contribution in [1.29, 1.82) is 0 Å². The number of halogens is 1. The van der Waals surface area contributed by atoms with Gasteiger partial charge >= 0.3 is 0 Å². The number of anilines is 1. The number of thioether (sulfide) groups is 1. The molecule has 1 amide bonds. The molecule has 0 aliphatic rings. The number of fused-ring (bicyclic) bond motifs is 3. The Kier molecular flexibility index (Phi) is 4.77. The number of carbonyl (C=O) groups excluding carboxylic acids is 1. The number of nitrogens with zero attached hydrogens (tertiary/aromatic N) is 3. The molecule has 2 heterocycles. The maximum atomic E-state index is 13.0. The number of nitrogens with one attached hydrogen (secondary N) is 1. The summed E-state index contributed by atoms with van der Waals surface area (Å²) in [5.74, 6) is -0.342. The van der Waals surface area contributed by atoms with Crippen molar-refractivity contribution in [2.75, 3.05) is 11.1 Å². The second-order valence-electron chi connectivity index (χ2n) is 6.83. The van der Waals surface area contributed by atoms with Gasteiger partial charge < -0.3 is 5.32 Å². The molecular formula is C21H19FN4OS. The summed E-state index contributed by atoms with van der Waals surface area (Å²) in [4.78, 5) is 12.3. The zero-order valence-electron chi connectivity index (χ0n) is 15.8. The number of benzene rings is 2. The number of aromatic nitrogens is 3. The number of amides is 1. The van der Waals surface area contributed by atoms with Gasteiger partial charge in [-0.25, -0.2) is 4.39 Å². The second-order valence-corrected chi connectivity index (χ2v) is 7.77. The molecule has 0 unspecified atom stereocenters. The Bertz CT molecular complexity index is 1200. The predicted molar refractivity (Wildman–Crippen MR) is 110 cm³/mol. The van der Waals surface area contributed by atoms with Gasteiger partial charge in [-0.15, -0.1) is 10.2 Å². The largest absolute Gasteiger partial charge is 0.325 e. The number of hydrogen-bond donors (Lipinski definition) is 1. The first kappa shape index (κ1) is 18.4. The first-order valence-electron chi connectivity index (χ1n) is 8.86. The van der Waals surface area contributed by atoms with Crippen LogP contribution in [0, 0.1) is 26.6 Å². The number of rotatable bonds is 4. The van der Waals surface area contributed by atoms with Crippen LogP contribution in [-0.2, 0) is 4.79 Å². The van der Waals surface area contributed by atoms with Crippen LogP contribution in [0.1, 0.15) is 16.7 Å². The monoisotopic (exact) mass is 394 g/mol. The average Bonchev–Trinajstić information content (AvgIpc) is 3.04. The number of aryl methyl sites for hydroxylation is 3. The van der Waals surface area contributed by atoms with E-state index >= 15 is 0 Å². The third-order valence-electron chi connectivity index (χ3n) is 4.56. The second kappa shape index (κ2) is 7.24. The zero-order chi connectivity index (χ0) is 19.8. The Morgan fingerprint density at radius 2 is 1.82 bits per heavy atom. The van der Waals surface area contributed by atoms with Crippen LogP contribution in [0.4, 0.5) is 10.1 Å². The van der Waals surface area contributed by atoms with E-state index in [2.05, 4.69) is 48.4 Å². The van der Waals surface area contributed by atoms with Crippen LogP contribution in [0.3, 0.4) is 0 Å². The van der Waals surface area contributed by atoms with Crippen LogP contribution < -0.4 is 5.32 Å². The summed E-state index contributed by atoms with van der Waals surface area (Å²) >= 11 is 1.32. The Balaban J connectivity index is 1.63. The van der Waals surface area contributed by atoms with Crippen molar-refractivity contribution in [2.24, 2.45) is 0 Å². The highest BCUT2D eigenvalue weighted by molar-refractivity contribution is 7.99. The molecule has 0 aliphatic heterocycles. The molecule has 0 radical (unpaired) electrons. The quantitative estimate of drug-likeness (QED) is 0.511. The normalized spacial score (nSPS) is 11.3. The summed E-state index contributed by atoms with van der Waals surface area (Å²) in [5.41, 5.74) is 5.87. The highest BCUT2D eigenvalue weighted by atomic mass is 32.2. The average molecular weight is 394 g/mol. The molecule has 4 aromatic rings. The van der Waals surface area contributed by atoms with E-state index in [0.717, 1.165) is 27.7 Å². The van der Waals surface area contributed by atoms with E-state index in [9.17, 15) is 9.18 Å². The molecule has 0 saturated carbocycles. The van der Waals surface area contributed by atoms with Gasteiger partial charge in [0.15, 0.2) is 10.8 Å². The van der Waals surface area contributed by atoms with Gasteiger partial charge in [0.25, 0.3) is 0 Å². The zero-order valence-corrected chi connectivity index (χ0v) is 16.6. The van der Waals surface area contributed by atoms with Crippen molar-refractivity contribution in [3.05, 3.63) is 65.0 Å². The van der Waals surface area contributed by atoms with E-state index < -0.39 is 0 Å². The first-order valence-corrected chi connectivity index (χ1v) is 9.85. The molecule has 0 fully saturated rings. The molecule has 0 aliphatic carbocycles. The Morgan fingerprint density at radius 1 is 1.07 bits per heavy atom. The molecule has 142 valence electrons. The van der Waals surface area contributed by atoms with Gasteiger partial charge in [-0.05, 0) is 68.3 Å². The predicted octanol–water partition coefficient (Wildman–Crippen LogP) is 4.68. The van der Waals surface area contributed by atoms with Gasteiger partial charge in [0.2, 0.25) is 5.91 Å². The third-order valence-corrected chi connectivity index (χ3v) is 5.49. The lowest BCUT2D eigenvalue weighted by atomic mass is 10.0. The van der Waals surface area contributed by atoms with Crippen molar-refractivity contribution in [1.82, 2.24) is 14.6 Å². The first-order chi connectivity index (χ1) is 13.4. The summed E-state index contributed by atoms with van der Waals surface area (Å²) in [6.45, 7) is 6.22. The van der Waals surface area contributed by atoms with E-state index in [1.54, 1.807) is 0 Å². The van der Waals surface area contributed by atoms with Gasteiger partial charge in [0, 0.05) is 11.1 Å². The Morgan fingerprint density at radius 3 is 2.57 bits per heavy atom. The maximum Gasteiger partial charge on any atom is 0.234 e. The molecular weight excluding hydrogens is 375 g/mol. The van der Waals surface area contributed by atoms with E-state index in [1.807, 2.05) is 10.5 Å². The minimum absolute atomic E-state index is 0.179. The van der Waals surface area contributed by atoms with E-state index in [0.29, 0.717) is 10.8 Å². The lowest BCUT2D eigenvalue weighted by Gasteiger charge is -2.11. The molecule has 0 atom stereocenters. The molecule has 28 heavy (non-hydrogen) atoms. The molecule has 7 heteroatoms. The maximum absolute atomic E-state index is 13.0. The highest BCUT2D eigenvalue weighted by Crippen LogP contribution is 2.29. The lowest BCUT2D eigenvalue weighted by Crippen LogP contribution is -2.14. The summed E-state index contributed by atoms with van der Waals surface area (Å²) in [7, 11) is 0. The highest BCUT2D eigenvalue weighted by Gasteiger charge is 2.15. The minimum Gasteiger partial charge on any atom is -0.325 e. The minimum atomic E-state index is -0.338. The van der Waals surface area contributed by atoms with Gasteiger partial charge in [0.05, 0.1) is 11.3 Å². The number of hydrogen-bond acceptors (Lipinski definition) is 4. The molecule has 0 spiro atoms. The van der Waals surface area contributed by atoms with Crippen molar-refractivity contribution in [2.45, 2.75) is 25.9 Å². The van der Waals surface area contributed by atoms with Gasteiger partial charge in [-0.2, -0.15) is 0 Å². The Labute approximate surface area is 166 Å². The summed E-state index contributed by atoms with van der Waals surface area (Å²) in [6, 6.07) is 12.0. The fraction of sp³-hybridized carbons (Fsp3) is 0.190. The van der Waals surface area contributed by atoms with Gasteiger partial charge in [0.1, 0.15) is 5.82 Å². The molecule has 2 aromatic heterocycles. The molecule has 2 aromatic carbocycles. The summed E-state index contributed by atoms with van der Waals surface area (Å²) in [6.07, 6.45) is 0. The smallest absolute Gasteiger partial charge is 0.234 e. The van der Waals surface area contributed by atoms with Gasteiger partial charge in [-0.1, -0.05) is 23.4 Å². The number of carbonyl (C=O) groups is 1. The fourth-order valence-corrected chi connectivity index (χ4v) is 4.11. The Hall–Kier alpha value is -2.93. The summed E-state index contributed by atoms with van der Waals surface area (Å²) in [5, 5.41) is 13.2. The van der Waals surface area contributed by atoms with Crippen LogP contribution in [0.15, 0.2) is 47.6 Å². The third kappa shape index (κ3) is 3.45. The van der Waals surface area contributed by atoms with E-state index in [-0.39, 0.29) is 17.5 Å². The van der Waals surface area contributed by atoms with Crippen molar-refractivity contribution in [3.63, 3.8) is 0 Å². The molecule has 0 bridgehead atoms. The molecule has 5 nitrogen and oxygen atoms in total. The molecule has 0 saturated heterocycles. The van der Waals surface area contributed by atoms with Crippen LogP contribution >= 0.6 is 11.8 Å². The van der Waals surface area contributed by atoms with E-state index in [4.69, 9.17) is 0 Å². The van der Waals surface area contributed by atoms with E-state index in [1.165, 1.54) is 41.6 Å². The van der Waals surface area contributed by atoms with Crippen molar-refractivity contribution in [3.8, 4) is 0 Å². The molecule has 4 rings (SSSR count). The number of pyridine rings is 1. The lowest BCUT2D eigenvalue weighted by molar-refractivity contribution is -0.113. The van der Waals surface area contributed by atoms with Crippen LogP contribution in [0.5, 0.6) is 0 Å². The SMILES string of the molecule is Cc1cc(C)c2c(c1)c(C)cc1nnc(SCC(=O)Nc3ccc(F)cc3)n12. The van der Waals surface area contributed by atoms with Crippen molar-refractivity contribution >= 4 is 39.9 Å².